The van der Waals surface area contributed by atoms with E-state index in [4.69, 9.17) is 22.1 Å². The van der Waals surface area contributed by atoms with E-state index in [2.05, 4.69) is 4.98 Å². The molecule has 2 aromatic carbocycles. The van der Waals surface area contributed by atoms with Crippen LogP contribution in [-0.2, 0) is 19.6 Å². The standard InChI is InChI=1S/C20H19ClF3N3O/c1-27-11-18(26-19(27)25)16(12-3-6-15(28-2)7-4-12)10-13-9-14(21)5-8-17(13)20(22,23)24/h3-9,11,16H,10H2,1-2H3,(H2,25,26). The number of rotatable bonds is 5. The number of alkyl halides is 3. The van der Waals surface area contributed by atoms with Gasteiger partial charge in [0.1, 0.15) is 5.75 Å². The number of imidazole rings is 1. The minimum absolute atomic E-state index is 0.0676. The molecule has 148 valence electrons. The fraction of sp³-hybridized carbons (Fsp3) is 0.250. The Hall–Kier alpha value is -2.67. The largest absolute Gasteiger partial charge is 0.497 e. The van der Waals surface area contributed by atoms with Crippen LogP contribution in [0, 0.1) is 0 Å². The van der Waals surface area contributed by atoms with Gasteiger partial charge in [-0.25, -0.2) is 4.98 Å². The fourth-order valence-corrected chi connectivity index (χ4v) is 3.32. The predicted octanol–water partition coefficient (Wildman–Crippen LogP) is 5.06. The van der Waals surface area contributed by atoms with Crippen LogP contribution >= 0.6 is 11.6 Å². The van der Waals surface area contributed by atoms with Gasteiger partial charge in [-0.1, -0.05) is 23.7 Å². The van der Waals surface area contributed by atoms with Gasteiger partial charge in [0.15, 0.2) is 5.95 Å². The first kappa shape index (κ1) is 20.1. The second kappa shape index (κ2) is 7.75. The molecule has 1 aromatic heterocycles. The molecule has 2 N–H and O–H groups in total. The Labute approximate surface area is 165 Å². The number of methoxy groups -OCH3 is 1. The maximum atomic E-state index is 13.5. The number of aryl methyl sites for hydroxylation is 1. The van der Waals surface area contributed by atoms with Crippen LogP contribution in [0.25, 0.3) is 0 Å². The molecule has 0 bridgehead atoms. The zero-order chi connectivity index (χ0) is 20.5. The molecule has 0 spiro atoms. The van der Waals surface area contributed by atoms with Crippen molar-refractivity contribution in [3.8, 4) is 5.75 Å². The number of aromatic nitrogens is 2. The van der Waals surface area contributed by atoms with E-state index in [0.717, 1.165) is 11.6 Å². The number of halogens is 4. The molecule has 1 unspecified atom stereocenters. The molecular formula is C20H19ClF3N3O. The number of hydrogen-bond acceptors (Lipinski definition) is 3. The van der Waals surface area contributed by atoms with Crippen LogP contribution in [0.5, 0.6) is 5.75 Å². The van der Waals surface area contributed by atoms with E-state index in [9.17, 15) is 13.2 Å². The maximum Gasteiger partial charge on any atom is 0.416 e. The van der Waals surface area contributed by atoms with Crippen LogP contribution in [0.15, 0.2) is 48.7 Å². The summed E-state index contributed by atoms with van der Waals surface area (Å²) < 4.78 is 47.3. The van der Waals surface area contributed by atoms with Crippen molar-refractivity contribution in [3.63, 3.8) is 0 Å². The van der Waals surface area contributed by atoms with Crippen LogP contribution in [-0.4, -0.2) is 16.7 Å². The van der Waals surface area contributed by atoms with Gasteiger partial charge in [-0.2, -0.15) is 13.2 Å². The molecule has 0 aliphatic rings. The van der Waals surface area contributed by atoms with Crippen molar-refractivity contribution in [1.29, 1.82) is 0 Å². The lowest BCUT2D eigenvalue weighted by Gasteiger charge is -2.19. The Morgan fingerprint density at radius 1 is 1.18 bits per heavy atom. The smallest absolute Gasteiger partial charge is 0.416 e. The number of anilines is 1. The maximum absolute atomic E-state index is 13.5. The fourth-order valence-electron chi connectivity index (χ4n) is 3.13. The average Bonchev–Trinajstić information content (AvgIpc) is 2.97. The van der Waals surface area contributed by atoms with Gasteiger partial charge >= 0.3 is 6.18 Å². The Kier molecular flexibility index (Phi) is 5.56. The van der Waals surface area contributed by atoms with Crippen molar-refractivity contribution in [2.75, 3.05) is 12.8 Å². The first-order valence-corrected chi connectivity index (χ1v) is 8.85. The van der Waals surface area contributed by atoms with Crippen LogP contribution in [0.3, 0.4) is 0 Å². The summed E-state index contributed by atoms with van der Waals surface area (Å²) in [6, 6.07) is 10.8. The van der Waals surface area contributed by atoms with Gasteiger partial charge in [0.25, 0.3) is 0 Å². The Morgan fingerprint density at radius 3 is 2.39 bits per heavy atom. The van der Waals surface area contributed by atoms with Crippen molar-refractivity contribution in [3.05, 3.63) is 76.1 Å². The molecule has 3 rings (SSSR count). The molecule has 0 fully saturated rings. The molecule has 0 radical (unpaired) electrons. The summed E-state index contributed by atoms with van der Waals surface area (Å²) in [5, 5.41) is 0.247. The van der Waals surface area contributed by atoms with Crippen LogP contribution in [0.2, 0.25) is 5.02 Å². The number of ether oxygens (including phenoxy) is 1. The van der Waals surface area contributed by atoms with Gasteiger partial charge in [-0.15, -0.1) is 0 Å². The number of hydrogen-bond donors (Lipinski definition) is 1. The summed E-state index contributed by atoms with van der Waals surface area (Å²) in [6.07, 6.45) is -2.69. The summed E-state index contributed by atoms with van der Waals surface area (Å²) in [6.45, 7) is 0. The molecule has 0 saturated carbocycles. The Morgan fingerprint density at radius 2 is 1.86 bits per heavy atom. The first-order valence-electron chi connectivity index (χ1n) is 8.47. The van der Waals surface area contributed by atoms with E-state index >= 15 is 0 Å². The highest BCUT2D eigenvalue weighted by molar-refractivity contribution is 6.30. The number of nitrogens with two attached hydrogens (primary N) is 1. The zero-order valence-corrected chi connectivity index (χ0v) is 16.1. The predicted molar refractivity (Wildman–Crippen MR) is 103 cm³/mol. The lowest BCUT2D eigenvalue weighted by Crippen LogP contribution is -2.13. The molecule has 1 atom stereocenters. The Bertz CT molecular complexity index is 948. The second-order valence-electron chi connectivity index (χ2n) is 6.46. The average molecular weight is 410 g/mol. The third-order valence-corrected chi connectivity index (χ3v) is 4.84. The molecular weight excluding hydrogens is 391 g/mol. The van der Waals surface area contributed by atoms with E-state index in [0.29, 0.717) is 11.4 Å². The van der Waals surface area contributed by atoms with E-state index in [1.807, 2.05) is 12.1 Å². The third kappa shape index (κ3) is 4.25. The van der Waals surface area contributed by atoms with Crippen LogP contribution in [0.4, 0.5) is 19.1 Å². The van der Waals surface area contributed by atoms with E-state index in [-0.39, 0.29) is 23.0 Å². The van der Waals surface area contributed by atoms with Crippen LogP contribution in [0.1, 0.15) is 28.3 Å². The number of nitrogen functional groups attached to an aromatic ring is 1. The monoisotopic (exact) mass is 409 g/mol. The molecule has 0 aliphatic carbocycles. The van der Waals surface area contributed by atoms with Crippen molar-refractivity contribution in [2.45, 2.75) is 18.5 Å². The van der Waals surface area contributed by atoms with E-state index in [1.165, 1.54) is 12.1 Å². The van der Waals surface area contributed by atoms with Crippen molar-refractivity contribution in [1.82, 2.24) is 9.55 Å². The highest BCUT2D eigenvalue weighted by Crippen LogP contribution is 2.37. The summed E-state index contributed by atoms with van der Waals surface area (Å²) in [7, 11) is 3.28. The summed E-state index contributed by atoms with van der Waals surface area (Å²) in [5.41, 5.74) is 6.62. The SMILES string of the molecule is COc1ccc(C(Cc2cc(Cl)ccc2C(F)(F)F)c2cn(C)c(N)n2)cc1. The van der Waals surface area contributed by atoms with Gasteiger partial charge in [-0.05, 0) is 47.9 Å². The van der Waals surface area contributed by atoms with Gasteiger partial charge in [0.05, 0.1) is 18.4 Å². The number of benzene rings is 2. The topological polar surface area (TPSA) is 53.1 Å². The second-order valence-corrected chi connectivity index (χ2v) is 6.90. The molecule has 28 heavy (non-hydrogen) atoms. The molecule has 1 heterocycles. The van der Waals surface area contributed by atoms with E-state index in [1.54, 1.807) is 37.1 Å². The van der Waals surface area contributed by atoms with Crippen molar-refractivity contribution < 1.29 is 17.9 Å². The van der Waals surface area contributed by atoms with Crippen molar-refractivity contribution in [2.24, 2.45) is 7.05 Å². The molecule has 0 amide bonds. The third-order valence-electron chi connectivity index (χ3n) is 4.60. The molecule has 3 aromatic rings. The van der Waals surface area contributed by atoms with Gasteiger partial charge in [0, 0.05) is 24.2 Å². The highest BCUT2D eigenvalue weighted by Gasteiger charge is 2.34. The van der Waals surface area contributed by atoms with E-state index < -0.39 is 17.7 Å². The summed E-state index contributed by atoms with van der Waals surface area (Å²) >= 11 is 5.99. The van der Waals surface area contributed by atoms with Gasteiger partial charge in [-0.3, -0.25) is 0 Å². The molecule has 0 aliphatic heterocycles. The van der Waals surface area contributed by atoms with Gasteiger partial charge < -0.3 is 15.0 Å². The van der Waals surface area contributed by atoms with Gasteiger partial charge in [0.2, 0.25) is 0 Å². The first-order chi connectivity index (χ1) is 13.2. The molecule has 4 nitrogen and oxygen atoms in total. The summed E-state index contributed by atoms with van der Waals surface area (Å²) in [4.78, 5) is 4.34. The lowest BCUT2D eigenvalue weighted by atomic mass is 9.87. The quantitative estimate of drug-likeness (QED) is 0.641. The minimum Gasteiger partial charge on any atom is -0.497 e. The normalized spacial score (nSPS) is 12.8. The Balaban J connectivity index is 2.09. The van der Waals surface area contributed by atoms with Crippen molar-refractivity contribution >= 4 is 17.5 Å². The summed E-state index contributed by atoms with van der Waals surface area (Å²) in [5.74, 6) is 0.506. The molecule has 0 saturated heterocycles. The minimum atomic E-state index is -4.48. The van der Waals surface area contributed by atoms with Crippen LogP contribution < -0.4 is 10.5 Å². The lowest BCUT2D eigenvalue weighted by molar-refractivity contribution is -0.138. The zero-order valence-electron chi connectivity index (χ0n) is 15.3. The highest BCUT2D eigenvalue weighted by atomic mass is 35.5. The molecule has 8 heteroatoms. The number of nitrogens with zero attached hydrogens (tertiary/aromatic N) is 2.